The number of ether oxygens (including phenoxy) is 1. The Hall–Kier alpha value is -1.43. The summed E-state index contributed by atoms with van der Waals surface area (Å²) in [6.45, 7) is 6.33. The molecule has 0 spiro atoms. The Morgan fingerprint density at radius 1 is 1.31 bits per heavy atom. The van der Waals surface area contributed by atoms with E-state index in [2.05, 4.69) is 12.2 Å². The molecule has 5 atom stereocenters. The molecule has 1 fully saturated rings. The third-order valence-electron chi connectivity index (χ3n) is 5.63. The lowest BCUT2D eigenvalue weighted by Gasteiger charge is -2.44. The van der Waals surface area contributed by atoms with E-state index in [1.807, 2.05) is 44.2 Å². The number of nitrogens with one attached hydrogen (secondary N) is 1. The van der Waals surface area contributed by atoms with Gasteiger partial charge in [0.05, 0.1) is 12.6 Å². The number of amides is 1. The predicted molar refractivity (Wildman–Crippen MR) is 102 cm³/mol. The lowest BCUT2D eigenvalue weighted by molar-refractivity contribution is -0.158. The van der Waals surface area contributed by atoms with Gasteiger partial charge in [-0.05, 0) is 36.2 Å². The normalized spacial score (nSPS) is 28.6. The molecule has 26 heavy (non-hydrogen) atoms. The molecule has 1 aliphatic rings. The van der Waals surface area contributed by atoms with E-state index in [0.717, 1.165) is 12.8 Å². The molecule has 5 nitrogen and oxygen atoms in total. The maximum Gasteiger partial charge on any atom is 0.252 e. The highest BCUT2D eigenvalue weighted by Gasteiger charge is 2.49. The number of carbonyl (C=O) groups is 1. The Morgan fingerprint density at radius 2 is 1.96 bits per heavy atom. The van der Waals surface area contributed by atoms with E-state index in [-0.39, 0.29) is 18.4 Å². The van der Waals surface area contributed by atoms with E-state index >= 15 is 0 Å². The molecule has 1 amide bonds. The molecule has 0 bridgehead atoms. The van der Waals surface area contributed by atoms with E-state index < -0.39 is 23.7 Å². The van der Waals surface area contributed by atoms with Crippen LogP contribution in [0.3, 0.4) is 0 Å². The molecule has 0 aliphatic heterocycles. The summed E-state index contributed by atoms with van der Waals surface area (Å²) in [5.74, 6) is 0.00869. The minimum atomic E-state index is -1.41. The van der Waals surface area contributed by atoms with Gasteiger partial charge in [-0.15, -0.1) is 0 Å². The zero-order valence-corrected chi connectivity index (χ0v) is 16.3. The standard InChI is InChI=1S/C21H33NO4/c1-14(2)17-11-10-15(3)12-21(17,25)20(24)22-18(13-26-4)19(23)16-8-6-5-7-9-16/h5-9,14-15,17-19,23,25H,10-13H2,1-4H3,(H,22,24)/t15-,17+,18+,19+,21+/m1/s1. The summed E-state index contributed by atoms with van der Waals surface area (Å²) >= 11 is 0. The maximum atomic E-state index is 13.1. The molecular formula is C21H33NO4. The average molecular weight is 363 g/mol. The Bertz CT molecular complexity index is 577. The van der Waals surface area contributed by atoms with Crippen molar-refractivity contribution in [3.63, 3.8) is 0 Å². The average Bonchev–Trinajstić information content (AvgIpc) is 2.61. The van der Waals surface area contributed by atoms with Crippen molar-refractivity contribution in [2.75, 3.05) is 13.7 Å². The van der Waals surface area contributed by atoms with Crippen molar-refractivity contribution in [3.05, 3.63) is 35.9 Å². The van der Waals surface area contributed by atoms with Gasteiger partial charge in [0.2, 0.25) is 0 Å². The lowest BCUT2D eigenvalue weighted by atomic mass is 9.66. The number of benzene rings is 1. The molecule has 0 aromatic heterocycles. The number of rotatable bonds is 7. The second-order valence-corrected chi connectivity index (χ2v) is 8.05. The van der Waals surface area contributed by atoms with E-state index in [1.165, 1.54) is 7.11 Å². The summed E-state index contributed by atoms with van der Waals surface area (Å²) in [7, 11) is 1.53. The summed E-state index contributed by atoms with van der Waals surface area (Å²) in [5.41, 5.74) is -0.701. The van der Waals surface area contributed by atoms with Crippen LogP contribution in [0.15, 0.2) is 30.3 Å². The summed E-state index contributed by atoms with van der Waals surface area (Å²) in [5, 5.41) is 24.8. The van der Waals surface area contributed by atoms with Gasteiger partial charge in [-0.2, -0.15) is 0 Å². The Morgan fingerprint density at radius 3 is 2.54 bits per heavy atom. The number of methoxy groups -OCH3 is 1. The highest BCUT2D eigenvalue weighted by molar-refractivity contribution is 5.85. The van der Waals surface area contributed by atoms with Crippen LogP contribution in [-0.2, 0) is 9.53 Å². The SMILES string of the molecule is COC[C@H](NC(=O)[C@]1(O)C[C@H](C)CC[C@H]1C(C)C)[C@@H](O)c1ccccc1. The first kappa shape index (κ1) is 20.9. The smallest absolute Gasteiger partial charge is 0.252 e. The second kappa shape index (κ2) is 8.98. The third kappa shape index (κ3) is 4.64. The van der Waals surface area contributed by atoms with Gasteiger partial charge in [0, 0.05) is 7.11 Å². The highest BCUT2D eigenvalue weighted by Crippen LogP contribution is 2.41. The quantitative estimate of drug-likeness (QED) is 0.696. The lowest BCUT2D eigenvalue weighted by Crippen LogP contribution is -2.59. The predicted octanol–water partition coefficient (Wildman–Crippen LogP) is 2.67. The van der Waals surface area contributed by atoms with Crippen LogP contribution < -0.4 is 5.32 Å². The molecule has 5 heteroatoms. The molecule has 1 aliphatic carbocycles. The van der Waals surface area contributed by atoms with Crippen LogP contribution in [0, 0.1) is 17.8 Å². The van der Waals surface area contributed by atoms with Gasteiger partial charge in [-0.25, -0.2) is 0 Å². The first-order chi connectivity index (χ1) is 12.3. The first-order valence-electron chi connectivity index (χ1n) is 9.54. The first-order valence-corrected chi connectivity index (χ1v) is 9.54. The van der Waals surface area contributed by atoms with E-state index in [4.69, 9.17) is 4.74 Å². The largest absolute Gasteiger partial charge is 0.386 e. The van der Waals surface area contributed by atoms with E-state index in [1.54, 1.807) is 0 Å². The van der Waals surface area contributed by atoms with Crippen molar-refractivity contribution < 1.29 is 19.7 Å². The van der Waals surface area contributed by atoms with Gasteiger partial charge in [0.1, 0.15) is 11.7 Å². The van der Waals surface area contributed by atoms with Gasteiger partial charge in [-0.3, -0.25) is 4.79 Å². The van der Waals surface area contributed by atoms with Crippen molar-refractivity contribution in [2.45, 2.75) is 57.8 Å². The molecule has 1 aromatic rings. The number of carbonyl (C=O) groups excluding carboxylic acids is 1. The molecule has 0 saturated heterocycles. The number of aliphatic hydroxyl groups is 2. The zero-order chi connectivity index (χ0) is 19.3. The Kier molecular flexibility index (Phi) is 7.21. The van der Waals surface area contributed by atoms with Crippen molar-refractivity contribution >= 4 is 5.91 Å². The molecule has 0 unspecified atom stereocenters. The summed E-state index contributed by atoms with van der Waals surface area (Å²) in [6, 6.07) is 8.57. The minimum absolute atomic E-state index is 0.0873. The molecule has 2 rings (SSSR count). The van der Waals surface area contributed by atoms with Crippen LogP contribution in [0.25, 0.3) is 0 Å². The van der Waals surface area contributed by atoms with Crippen LogP contribution in [0.1, 0.15) is 51.7 Å². The van der Waals surface area contributed by atoms with Crippen molar-refractivity contribution in [1.29, 1.82) is 0 Å². The summed E-state index contributed by atoms with van der Waals surface area (Å²) in [4.78, 5) is 13.1. The van der Waals surface area contributed by atoms with Crippen LogP contribution in [0.4, 0.5) is 0 Å². The van der Waals surface area contributed by atoms with Crippen LogP contribution in [0.2, 0.25) is 0 Å². The Labute approximate surface area is 156 Å². The fourth-order valence-electron chi connectivity index (χ4n) is 4.20. The van der Waals surface area contributed by atoms with Crippen LogP contribution in [-0.4, -0.2) is 41.5 Å². The zero-order valence-electron chi connectivity index (χ0n) is 16.3. The maximum absolute atomic E-state index is 13.1. The van der Waals surface area contributed by atoms with Crippen molar-refractivity contribution in [3.8, 4) is 0 Å². The van der Waals surface area contributed by atoms with Gasteiger partial charge in [0.15, 0.2) is 0 Å². The van der Waals surface area contributed by atoms with Gasteiger partial charge in [0.25, 0.3) is 5.91 Å². The number of aliphatic hydroxyl groups excluding tert-OH is 1. The molecule has 1 aromatic carbocycles. The van der Waals surface area contributed by atoms with Gasteiger partial charge >= 0.3 is 0 Å². The van der Waals surface area contributed by atoms with Gasteiger partial charge in [-0.1, -0.05) is 57.5 Å². The molecule has 1 saturated carbocycles. The highest BCUT2D eigenvalue weighted by atomic mass is 16.5. The summed E-state index contributed by atoms with van der Waals surface area (Å²) < 4.78 is 5.21. The van der Waals surface area contributed by atoms with Crippen LogP contribution in [0.5, 0.6) is 0 Å². The molecule has 3 N–H and O–H groups in total. The molecule has 146 valence electrons. The van der Waals surface area contributed by atoms with Crippen molar-refractivity contribution in [1.82, 2.24) is 5.32 Å². The van der Waals surface area contributed by atoms with E-state index in [0.29, 0.717) is 17.9 Å². The van der Waals surface area contributed by atoms with E-state index in [9.17, 15) is 15.0 Å². The Balaban J connectivity index is 2.19. The fourth-order valence-corrected chi connectivity index (χ4v) is 4.20. The van der Waals surface area contributed by atoms with Gasteiger partial charge < -0.3 is 20.3 Å². The third-order valence-corrected chi connectivity index (χ3v) is 5.63. The molecule has 0 heterocycles. The summed E-state index contributed by atoms with van der Waals surface area (Å²) in [6.07, 6.45) is 1.40. The topological polar surface area (TPSA) is 78.8 Å². The van der Waals surface area contributed by atoms with Crippen LogP contribution >= 0.6 is 0 Å². The fraction of sp³-hybridized carbons (Fsp3) is 0.667. The minimum Gasteiger partial charge on any atom is -0.386 e. The van der Waals surface area contributed by atoms with Crippen molar-refractivity contribution in [2.24, 2.45) is 17.8 Å². The number of hydrogen-bond acceptors (Lipinski definition) is 4. The monoisotopic (exact) mass is 363 g/mol. The second-order valence-electron chi connectivity index (χ2n) is 8.05. The molecular weight excluding hydrogens is 330 g/mol. The molecule has 0 radical (unpaired) electrons. The number of hydrogen-bond donors (Lipinski definition) is 3.